The Bertz CT molecular complexity index is 1260. The van der Waals surface area contributed by atoms with Gasteiger partial charge in [-0.25, -0.2) is 13.8 Å². The maximum atomic E-state index is 13.8. The van der Waals surface area contributed by atoms with Gasteiger partial charge in [0, 0.05) is 34.8 Å². The first-order valence-electron chi connectivity index (χ1n) is 9.70. The summed E-state index contributed by atoms with van der Waals surface area (Å²) in [6.45, 7) is 5.79. The number of fused-ring (bicyclic) bond motifs is 1. The van der Waals surface area contributed by atoms with E-state index in [1.54, 1.807) is 37.4 Å². The van der Waals surface area contributed by atoms with Crippen LogP contribution in [0.2, 0.25) is 0 Å². The third-order valence-corrected chi connectivity index (χ3v) is 4.43. The van der Waals surface area contributed by atoms with E-state index in [0.717, 1.165) is 17.2 Å². The van der Waals surface area contributed by atoms with Gasteiger partial charge in [0.1, 0.15) is 22.8 Å². The minimum absolute atomic E-state index is 0.0687. The molecular weight excluding hydrogens is 400 g/mol. The highest BCUT2D eigenvalue weighted by Gasteiger charge is 2.10. The smallest absolute Gasteiger partial charge is 0.248 e. The summed E-state index contributed by atoms with van der Waals surface area (Å²) in [7, 11) is 0. The second kappa shape index (κ2) is 9.30. The van der Waals surface area contributed by atoms with Gasteiger partial charge in [-0.05, 0) is 42.8 Å². The summed E-state index contributed by atoms with van der Waals surface area (Å²) in [6, 6.07) is 12.1. The van der Waals surface area contributed by atoms with Gasteiger partial charge in [0.25, 0.3) is 0 Å². The van der Waals surface area contributed by atoms with Gasteiger partial charge in [-0.15, -0.1) is 0 Å². The SMILES string of the molecule is CC.Cc1cc(-c2cc(Oc3cnc4c(F)cc(F)cc4c3)ccn2)ccc1C(N)=O. The Morgan fingerprint density at radius 3 is 2.45 bits per heavy atom. The van der Waals surface area contributed by atoms with Crippen molar-refractivity contribution in [3.8, 4) is 22.8 Å². The van der Waals surface area contributed by atoms with Gasteiger partial charge in [0.05, 0.1) is 11.9 Å². The molecule has 2 aromatic carbocycles. The molecule has 0 aliphatic heterocycles. The summed E-state index contributed by atoms with van der Waals surface area (Å²) in [5, 5.41) is 0.298. The van der Waals surface area contributed by atoms with Gasteiger partial charge in [-0.1, -0.05) is 19.9 Å². The summed E-state index contributed by atoms with van der Waals surface area (Å²) < 4.78 is 33.0. The second-order valence-corrected chi connectivity index (χ2v) is 6.50. The molecule has 0 saturated carbocycles. The van der Waals surface area contributed by atoms with Crippen molar-refractivity contribution in [2.24, 2.45) is 5.73 Å². The summed E-state index contributed by atoms with van der Waals surface area (Å²) in [4.78, 5) is 19.7. The van der Waals surface area contributed by atoms with Crippen LogP contribution in [0.5, 0.6) is 11.5 Å². The zero-order chi connectivity index (χ0) is 22.5. The number of benzene rings is 2. The Balaban J connectivity index is 0.00000132. The molecule has 4 rings (SSSR count). The van der Waals surface area contributed by atoms with Crippen LogP contribution in [0.25, 0.3) is 22.2 Å². The number of nitrogens with zero attached hydrogens (tertiary/aromatic N) is 2. The van der Waals surface area contributed by atoms with Crippen molar-refractivity contribution in [3.05, 3.63) is 83.7 Å². The normalized spacial score (nSPS) is 10.4. The quantitative estimate of drug-likeness (QED) is 0.452. The zero-order valence-corrected chi connectivity index (χ0v) is 17.3. The van der Waals surface area contributed by atoms with E-state index in [1.165, 1.54) is 18.3 Å². The van der Waals surface area contributed by atoms with Crippen molar-refractivity contribution in [1.29, 1.82) is 0 Å². The lowest BCUT2D eigenvalue weighted by Gasteiger charge is -2.09. The lowest BCUT2D eigenvalue weighted by Crippen LogP contribution is -2.12. The van der Waals surface area contributed by atoms with Crippen LogP contribution in [0, 0.1) is 18.6 Å². The number of carbonyl (C=O) groups excluding carboxylic acids is 1. The van der Waals surface area contributed by atoms with Crippen LogP contribution >= 0.6 is 0 Å². The van der Waals surface area contributed by atoms with Crippen molar-refractivity contribution in [2.45, 2.75) is 20.8 Å². The molecule has 0 fully saturated rings. The van der Waals surface area contributed by atoms with Gasteiger partial charge in [0.15, 0.2) is 5.82 Å². The Hall–Kier alpha value is -3.87. The fourth-order valence-electron chi connectivity index (χ4n) is 3.07. The van der Waals surface area contributed by atoms with E-state index in [9.17, 15) is 13.6 Å². The highest BCUT2D eigenvalue weighted by Crippen LogP contribution is 2.29. The van der Waals surface area contributed by atoms with Gasteiger partial charge >= 0.3 is 0 Å². The molecule has 0 spiro atoms. The minimum atomic E-state index is -0.729. The minimum Gasteiger partial charge on any atom is -0.456 e. The number of pyridine rings is 2. The molecule has 0 saturated heterocycles. The number of rotatable bonds is 4. The molecule has 2 heterocycles. The number of halogens is 2. The molecule has 0 aliphatic carbocycles. The molecule has 31 heavy (non-hydrogen) atoms. The molecule has 0 atom stereocenters. The number of carbonyl (C=O) groups is 1. The summed E-state index contributed by atoms with van der Waals surface area (Å²) in [5.41, 5.74) is 8.02. The average molecular weight is 421 g/mol. The predicted octanol–water partition coefficient (Wildman–Crippen LogP) is 5.80. The first-order chi connectivity index (χ1) is 14.9. The molecule has 2 aromatic heterocycles. The third kappa shape index (κ3) is 4.83. The Kier molecular flexibility index (Phi) is 6.55. The summed E-state index contributed by atoms with van der Waals surface area (Å²) in [5.74, 6) is -1.09. The number of ether oxygens (including phenoxy) is 1. The van der Waals surface area contributed by atoms with E-state index in [0.29, 0.717) is 28.1 Å². The second-order valence-electron chi connectivity index (χ2n) is 6.50. The molecular formula is C24H21F2N3O2. The van der Waals surface area contributed by atoms with Crippen LogP contribution in [0.15, 0.2) is 60.9 Å². The highest BCUT2D eigenvalue weighted by molar-refractivity contribution is 5.94. The molecule has 158 valence electrons. The molecule has 0 radical (unpaired) electrons. The lowest BCUT2D eigenvalue weighted by atomic mass is 10.0. The van der Waals surface area contributed by atoms with Gasteiger partial charge in [-0.3, -0.25) is 9.78 Å². The topological polar surface area (TPSA) is 78.1 Å². The van der Waals surface area contributed by atoms with E-state index >= 15 is 0 Å². The number of primary amides is 1. The molecule has 1 amide bonds. The summed E-state index contributed by atoms with van der Waals surface area (Å²) in [6.07, 6.45) is 2.95. The maximum Gasteiger partial charge on any atom is 0.248 e. The van der Waals surface area contributed by atoms with Crippen LogP contribution in [-0.4, -0.2) is 15.9 Å². The van der Waals surface area contributed by atoms with Crippen LogP contribution in [-0.2, 0) is 0 Å². The Morgan fingerprint density at radius 1 is 0.968 bits per heavy atom. The van der Waals surface area contributed by atoms with Crippen molar-refractivity contribution in [3.63, 3.8) is 0 Å². The fourth-order valence-corrected chi connectivity index (χ4v) is 3.07. The molecule has 0 bridgehead atoms. The fraction of sp³-hybridized carbons (Fsp3) is 0.125. The van der Waals surface area contributed by atoms with Crippen LogP contribution < -0.4 is 10.5 Å². The number of aromatic nitrogens is 2. The van der Waals surface area contributed by atoms with Crippen molar-refractivity contribution >= 4 is 16.8 Å². The van der Waals surface area contributed by atoms with Gasteiger partial charge in [0.2, 0.25) is 5.91 Å². The van der Waals surface area contributed by atoms with E-state index < -0.39 is 17.5 Å². The number of nitrogens with two attached hydrogens (primary N) is 1. The number of aryl methyl sites for hydroxylation is 1. The molecule has 0 unspecified atom stereocenters. The van der Waals surface area contributed by atoms with E-state index in [4.69, 9.17) is 10.5 Å². The molecule has 4 aromatic rings. The monoisotopic (exact) mass is 421 g/mol. The van der Waals surface area contributed by atoms with Crippen molar-refractivity contribution in [2.75, 3.05) is 0 Å². The highest BCUT2D eigenvalue weighted by atomic mass is 19.1. The van der Waals surface area contributed by atoms with Gasteiger partial charge < -0.3 is 10.5 Å². The first-order valence-corrected chi connectivity index (χ1v) is 9.70. The van der Waals surface area contributed by atoms with E-state index in [-0.39, 0.29) is 5.52 Å². The molecule has 2 N–H and O–H groups in total. The molecule has 5 nitrogen and oxygen atoms in total. The Labute approximate surface area is 178 Å². The number of amides is 1. The van der Waals surface area contributed by atoms with Crippen LogP contribution in [0.4, 0.5) is 8.78 Å². The predicted molar refractivity (Wildman–Crippen MR) is 116 cm³/mol. The van der Waals surface area contributed by atoms with Gasteiger partial charge in [-0.2, -0.15) is 0 Å². The number of hydrogen-bond acceptors (Lipinski definition) is 4. The van der Waals surface area contributed by atoms with Crippen molar-refractivity contribution in [1.82, 2.24) is 9.97 Å². The van der Waals surface area contributed by atoms with Crippen LogP contribution in [0.1, 0.15) is 29.8 Å². The van der Waals surface area contributed by atoms with E-state index in [2.05, 4.69) is 9.97 Å². The Morgan fingerprint density at radius 2 is 1.74 bits per heavy atom. The standard InChI is InChI=1S/C22H15F2N3O2.C2H6/c1-12-6-13(2-3-18(12)22(25)28)20-10-16(4-5-26-20)29-17-8-14-7-15(23)9-19(24)21(14)27-11-17;1-2/h2-11H,1H3,(H2,25,28);1-2H3. The van der Waals surface area contributed by atoms with E-state index in [1.807, 2.05) is 19.9 Å². The first kappa shape index (κ1) is 21.8. The largest absolute Gasteiger partial charge is 0.456 e. The number of hydrogen-bond donors (Lipinski definition) is 1. The molecule has 7 heteroatoms. The molecule has 0 aliphatic rings. The maximum absolute atomic E-state index is 13.8. The average Bonchev–Trinajstić information content (AvgIpc) is 2.74. The third-order valence-electron chi connectivity index (χ3n) is 4.43. The zero-order valence-electron chi connectivity index (χ0n) is 17.3. The van der Waals surface area contributed by atoms with Crippen LogP contribution in [0.3, 0.4) is 0 Å². The van der Waals surface area contributed by atoms with Crippen molar-refractivity contribution < 1.29 is 18.3 Å². The lowest BCUT2D eigenvalue weighted by molar-refractivity contribution is 0.0999. The summed E-state index contributed by atoms with van der Waals surface area (Å²) >= 11 is 0.